The summed E-state index contributed by atoms with van der Waals surface area (Å²) in [5, 5.41) is 1.16. The minimum absolute atomic E-state index is 0.128. The van der Waals surface area contributed by atoms with Crippen molar-refractivity contribution in [2.24, 2.45) is 0 Å². The number of thiazole rings is 1. The smallest absolute Gasteiger partial charge is 0.124 e. The van der Waals surface area contributed by atoms with Gasteiger partial charge in [-0.05, 0) is 53.3 Å². The van der Waals surface area contributed by atoms with Crippen LogP contribution in [0.4, 0.5) is 0 Å². The van der Waals surface area contributed by atoms with E-state index in [-0.39, 0.29) is 5.41 Å². The first-order valence-electron chi connectivity index (χ1n) is 17.4. The molecule has 1 aliphatic carbocycles. The van der Waals surface area contributed by atoms with E-state index in [1.807, 2.05) is 11.3 Å². The third kappa shape index (κ3) is 7.36. The summed E-state index contributed by atoms with van der Waals surface area (Å²) < 4.78 is 1.28. The number of rotatable bonds is 19. The van der Waals surface area contributed by atoms with E-state index in [0.717, 1.165) is 10.5 Å². The molecule has 0 saturated heterocycles. The van der Waals surface area contributed by atoms with Crippen molar-refractivity contribution in [1.29, 1.82) is 0 Å². The molecule has 0 spiro atoms. The SMILES string of the molecule is CCCCCCCCCCC1(CCCCCCCCCC)c2ccccc2-c2ccc(-c3nc4ccccc4s3)cc21. The molecule has 0 saturated carbocycles. The number of aromatic nitrogens is 1. The van der Waals surface area contributed by atoms with Crippen molar-refractivity contribution in [3.05, 3.63) is 77.9 Å². The summed E-state index contributed by atoms with van der Waals surface area (Å²) in [5.41, 5.74) is 8.64. The Balaban J connectivity index is 1.38. The van der Waals surface area contributed by atoms with Crippen molar-refractivity contribution in [1.82, 2.24) is 4.98 Å². The summed E-state index contributed by atoms with van der Waals surface area (Å²) in [6, 6.07) is 25.2. The van der Waals surface area contributed by atoms with Gasteiger partial charge in [0.25, 0.3) is 0 Å². The fraction of sp³-hybridized carbons (Fsp3) is 0.525. The van der Waals surface area contributed by atoms with Crippen LogP contribution >= 0.6 is 11.3 Å². The van der Waals surface area contributed by atoms with E-state index in [4.69, 9.17) is 4.98 Å². The lowest BCUT2D eigenvalue weighted by Gasteiger charge is -2.33. The average molecular weight is 580 g/mol. The molecule has 224 valence electrons. The Labute approximate surface area is 260 Å². The molecule has 3 aromatic carbocycles. The fourth-order valence-electron chi connectivity index (χ4n) is 7.37. The Kier molecular flexibility index (Phi) is 11.7. The molecule has 1 nitrogen and oxygen atoms in total. The molecule has 1 heterocycles. The van der Waals surface area contributed by atoms with Gasteiger partial charge in [-0.25, -0.2) is 4.98 Å². The van der Waals surface area contributed by atoms with Gasteiger partial charge in [-0.2, -0.15) is 0 Å². The normalized spacial score (nSPS) is 13.5. The van der Waals surface area contributed by atoms with Crippen molar-refractivity contribution in [3.8, 4) is 21.7 Å². The van der Waals surface area contributed by atoms with Crippen molar-refractivity contribution < 1.29 is 0 Å². The maximum Gasteiger partial charge on any atom is 0.124 e. The molecular weight excluding hydrogens is 527 g/mol. The first kappa shape index (κ1) is 31.0. The molecule has 0 amide bonds. The number of para-hydroxylation sites is 1. The summed E-state index contributed by atoms with van der Waals surface area (Å²) in [5.74, 6) is 0. The van der Waals surface area contributed by atoms with Crippen LogP contribution in [0.3, 0.4) is 0 Å². The third-order valence-corrected chi connectivity index (χ3v) is 10.8. The highest BCUT2D eigenvalue weighted by molar-refractivity contribution is 7.21. The zero-order chi connectivity index (χ0) is 29.0. The van der Waals surface area contributed by atoms with Gasteiger partial charge in [0.2, 0.25) is 0 Å². The number of nitrogens with zero attached hydrogens (tertiary/aromatic N) is 1. The minimum Gasteiger partial charge on any atom is -0.236 e. The largest absolute Gasteiger partial charge is 0.236 e. The van der Waals surface area contributed by atoms with Crippen molar-refractivity contribution in [3.63, 3.8) is 0 Å². The topological polar surface area (TPSA) is 12.9 Å². The number of benzene rings is 3. The summed E-state index contributed by atoms with van der Waals surface area (Å²) in [6.45, 7) is 4.62. The molecule has 4 aromatic rings. The first-order chi connectivity index (χ1) is 20.8. The molecule has 0 radical (unpaired) electrons. The van der Waals surface area contributed by atoms with Crippen LogP contribution in [0.25, 0.3) is 31.9 Å². The summed E-state index contributed by atoms with van der Waals surface area (Å²) in [4.78, 5) is 5.06. The minimum atomic E-state index is 0.128. The van der Waals surface area contributed by atoms with E-state index in [2.05, 4.69) is 80.6 Å². The van der Waals surface area contributed by atoms with Gasteiger partial charge in [0.15, 0.2) is 0 Å². The van der Waals surface area contributed by atoms with Gasteiger partial charge in [-0.3, -0.25) is 0 Å². The Bertz CT molecular complexity index is 1330. The maximum absolute atomic E-state index is 5.06. The van der Waals surface area contributed by atoms with E-state index in [0.29, 0.717) is 0 Å². The zero-order valence-electron chi connectivity index (χ0n) is 26.4. The van der Waals surface area contributed by atoms with Gasteiger partial charge in [0.1, 0.15) is 5.01 Å². The molecule has 0 atom stereocenters. The van der Waals surface area contributed by atoms with Crippen molar-refractivity contribution in [2.45, 2.75) is 135 Å². The van der Waals surface area contributed by atoms with Gasteiger partial charge in [0, 0.05) is 11.0 Å². The molecule has 0 bridgehead atoms. The molecule has 0 aliphatic heterocycles. The predicted molar refractivity (Wildman–Crippen MR) is 186 cm³/mol. The molecule has 2 heteroatoms. The fourth-order valence-corrected chi connectivity index (χ4v) is 8.33. The maximum atomic E-state index is 5.06. The average Bonchev–Trinajstić information content (AvgIpc) is 3.58. The highest BCUT2D eigenvalue weighted by Gasteiger charge is 2.42. The van der Waals surface area contributed by atoms with E-state index >= 15 is 0 Å². The molecule has 1 aromatic heterocycles. The molecular formula is C40H53NS. The molecule has 0 unspecified atom stereocenters. The standard InChI is InChI=1S/C40H53NS/c1-3-5-7-9-11-13-15-21-29-40(30-22-16-14-12-10-8-6-4-2)35-24-18-17-23-33(35)34-28-27-32(31-36(34)40)39-41-37-25-19-20-26-38(37)42-39/h17-20,23-28,31H,3-16,21-22,29-30H2,1-2H3. The second kappa shape index (κ2) is 15.9. The number of unbranched alkanes of at least 4 members (excludes halogenated alkanes) is 14. The zero-order valence-corrected chi connectivity index (χ0v) is 27.3. The summed E-state index contributed by atoms with van der Waals surface area (Å²) in [7, 11) is 0. The van der Waals surface area contributed by atoms with Crippen LogP contribution in [0.5, 0.6) is 0 Å². The second-order valence-corrected chi connectivity index (χ2v) is 13.9. The van der Waals surface area contributed by atoms with Gasteiger partial charge >= 0.3 is 0 Å². The lowest BCUT2D eigenvalue weighted by atomic mass is 9.70. The van der Waals surface area contributed by atoms with Gasteiger partial charge in [0.05, 0.1) is 10.2 Å². The van der Waals surface area contributed by atoms with Crippen LogP contribution in [-0.4, -0.2) is 4.98 Å². The van der Waals surface area contributed by atoms with E-state index in [1.54, 1.807) is 11.1 Å². The van der Waals surface area contributed by atoms with Gasteiger partial charge in [-0.1, -0.05) is 165 Å². The lowest BCUT2D eigenvalue weighted by Crippen LogP contribution is -2.25. The predicted octanol–water partition coefficient (Wildman–Crippen LogP) is 13.3. The van der Waals surface area contributed by atoms with Gasteiger partial charge < -0.3 is 0 Å². The Hall–Kier alpha value is -2.45. The van der Waals surface area contributed by atoms with Crippen molar-refractivity contribution >= 4 is 21.6 Å². The van der Waals surface area contributed by atoms with Crippen molar-refractivity contribution in [2.75, 3.05) is 0 Å². The van der Waals surface area contributed by atoms with Crippen LogP contribution in [0.2, 0.25) is 0 Å². The monoisotopic (exact) mass is 579 g/mol. The molecule has 1 aliphatic rings. The molecule has 0 N–H and O–H groups in total. The van der Waals surface area contributed by atoms with Crippen LogP contribution < -0.4 is 0 Å². The van der Waals surface area contributed by atoms with Crippen LogP contribution in [0.1, 0.15) is 141 Å². The quantitative estimate of drug-likeness (QED) is 0.101. The van der Waals surface area contributed by atoms with Gasteiger partial charge in [-0.15, -0.1) is 11.3 Å². The summed E-state index contributed by atoms with van der Waals surface area (Å²) >= 11 is 1.83. The Morgan fingerprint density at radius 3 is 1.74 bits per heavy atom. The summed E-state index contributed by atoms with van der Waals surface area (Å²) in [6.07, 6.45) is 24.6. The third-order valence-electron chi connectivity index (χ3n) is 9.72. The van der Waals surface area contributed by atoms with Crippen LogP contribution in [0, 0.1) is 0 Å². The molecule has 42 heavy (non-hydrogen) atoms. The first-order valence-corrected chi connectivity index (χ1v) is 18.2. The number of fused-ring (bicyclic) bond motifs is 4. The molecule has 0 fully saturated rings. The second-order valence-electron chi connectivity index (χ2n) is 12.8. The van der Waals surface area contributed by atoms with E-state index in [9.17, 15) is 0 Å². The van der Waals surface area contributed by atoms with Crippen LogP contribution in [0.15, 0.2) is 66.7 Å². The lowest BCUT2D eigenvalue weighted by molar-refractivity contribution is 0.397. The van der Waals surface area contributed by atoms with Crippen LogP contribution in [-0.2, 0) is 5.41 Å². The highest BCUT2D eigenvalue weighted by atomic mass is 32.1. The number of hydrogen-bond donors (Lipinski definition) is 0. The Morgan fingerprint density at radius 2 is 1.10 bits per heavy atom. The van der Waals surface area contributed by atoms with E-state index < -0.39 is 0 Å². The van der Waals surface area contributed by atoms with E-state index in [1.165, 1.54) is 137 Å². The molecule has 5 rings (SSSR count). The number of hydrogen-bond acceptors (Lipinski definition) is 2. The Morgan fingerprint density at radius 1 is 0.548 bits per heavy atom. The highest BCUT2D eigenvalue weighted by Crippen LogP contribution is 2.55.